The van der Waals surface area contributed by atoms with Crippen LogP contribution in [0.1, 0.15) is 20.7 Å². The summed E-state index contributed by atoms with van der Waals surface area (Å²) in [7, 11) is -4.76. The van der Waals surface area contributed by atoms with Gasteiger partial charge in [0.15, 0.2) is 12.2 Å². The van der Waals surface area contributed by atoms with E-state index in [-0.39, 0.29) is 16.8 Å². The molecule has 15 heteroatoms. The molecule has 1 aliphatic rings. The van der Waals surface area contributed by atoms with Gasteiger partial charge in [-0.05, 0) is 48.5 Å². The van der Waals surface area contributed by atoms with Crippen molar-refractivity contribution in [1.82, 2.24) is 0 Å². The van der Waals surface area contributed by atoms with E-state index >= 15 is 0 Å². The lowest BCUT2D eigenvalue weighted by atomic mass is 10.1. The normalized spacial score (nSPS) is 18.9. The Hall–Kier alpha value is -5.64. The zero-order chi connectivity index (χ0) is 33.4. The average Bonchev–Trinajstić information content (AvgIpc) is 3.38. The van der Waals surface area contributed by atoms with Crippen molar-refractivity contribution in [2.45, 2.75) is 29.5 Å². The van der Waals surface area contributed by atoms with Crippen molar-refractivity contribution in [2.75, 3.05) is 11.9 Å². The third kappa shape index (κ3) is 8.35. The van der Waals surface area contributed by atoms with Gasteiger partial charge in [0.05, 0.1) is 20.9 Å². The lowest BCUT2D eigenvalue weighted by molar-refractivity contribution is -0.384. The fraction of sp³-hybridized carbons (Fsp3) is 0.156. The number of ether oxygens (including phenoxy) is 4. The Morgan fingerprint density at radius 1 is 0.745 bits per heavy atom. The number of hydrogen-bond donors (Lipinski definition) is 1. The van der Waals surface area contributed by atoms with Crippen LogP contribution in [-0.4, -0.2) is 62.6 Å². The van der Waals surface area contributed by atoms with Gasteiger partial charge < -0.3 is 18.9 Å². The first-order chi connectivity index (χ1) is 22.6. The molecular weight excluding hydrogens is 636 g/mol. The van der Waals surface area contributed by atoms with Gasteiger partial charge in [0.2, 0.25) is 6.29 Å². The number of nitrogens with zero attached hydrogens (tertiary/aromatic N) is 1. The monoisotopic (exact) mass is 662 g/mol. The molecule has 1 fully saturated rings. The second-order valence-electron chi connectivity index (χ2n) is 9.91. The highest BCUT2D eigenvalue weighted by molar-refractivity contribution is 7.86. The van der Waals surface area contributed by atoms with Crippen LogP contribution in [0.3, 0.4) is 0 Å². The van der Waals surface area contributed by atoms with Crippen LogP contribution in [0.25, 0.3) is 0 Å². The van der Waals surface area contributed by atoms with Gasteiger partial charge >= 0.3 is 18.0 Å². The molecule has 4 aromatic carbocycles. The Morgan fingerprint density at radius 2 is 1.30 bits per heavy atom. The molecule has 0 unspecified atom stereocenters. The van der Waals surface area contributed by atoms with Gasteiger partial charge in [-0.15, -0.1) is 0 Å². The van der Waals surface area contributed by atoms with Gasteiger partial charge in [-0.2, -0.15) is 8.42 Å². The number of anilines is 1. The number of benzene rings is 4. The molecule has 47 heavy (non-hydrogen) atoms. The molecule has 1 amide bonds. The van der Waals surface area contributed by atoms with Crippen LogP contribution in [0.5, 0.6) is 0 Å². The van der Waals surface area contributed by atoms with Gasteiger partial charge in [0.25, 0.3) is 15.8 Å². The summed E-state index contributed by atoms with van der Waals surface area (Å²) in [6.07, 6.45) is -7.72. The summed E-state index contributed by atoms with van der Waals surface area (Å²) in [5, 5.41) is 13.6. The molecule has 1 heterocycles. The van der Waals surface area contributed by atoms with Crippen molar-refractivity contribution < 1.29 is 50.9 Å². The maximum absolute atomic E-state index is 13.4. The smallest absolute Gasteiger partial charge is 0.414 e. The fourth-order valence-electron chi connectivity index (χ4n) is 4.46. The molecule has 0 radical (unpaired) electrons. The average molecular weight is 663 g/mol. The lowest BCUT2D eigenvalue weighted by Crippen LogP contribution is -2.43. The quantitative estimate of drug-likeness (QED) is 0.0766. The summed E-state index contributed by atoms with van der Waals surface area (Å²) in [4.78, 5) is 48.7. The number of carbonyl (C=O) groups excluding carboxylic acids is 3. The minimum atomic E-state index is -4.76. The molecule has 0 aliphatic carbocycles. The van der Waals surface area contributed by atoms with E-state index in [1.165, 1.54) is 24.3 Å². The molecule has 0 bridgehead atoms. The van der Waals surface area contributed by atoms with Crippen LogP contribution in [-0.2, 0) is 33.2 Å². The first-order valence-corrected chi connectivity index (χ1v) is 15.4. The first kappa shape index (κ1) is 32.7. The molecule has 242 valence electrons. The molecule has 1 N–H and O–H groups in total. The van der Waals surface area contributed by atoms with Crippen molar-refractivity contribution in [3.8, 4) is 0 Å². The van der Waals surface area contributed by atoms with E-state index < -0.39 is 69.2 Å². The van der Waals surface area contributed by atoms with E-state index in [0.717, 1.165) is 24.3 Å². The maximum Gasteiger partial charge on any atom is 0.414 e. The minimum absolute atomic E-state index is 0.0932. The Morgan fingerprint density at radius 3 is 1.87 bits per heavy atom. The van der Waals surface area contributed by atoms with Crippen LogP contribution in [0.2, 0.25) is 0 Å². The maximum atomic E-state index is 13.4. The number of nitro benzene ring substituents is 1. The van der Waals surface area contributed by atoms with E-state index in [1.54, 1.807) is 66.7 Å². The lowest BCUT2D eigenvalue weighted by Gasteiger charge is -2.24. The van der Waals surface area contributed by atoms with Crippen molar-refractivity contribution in [3.05, 3.63) is 137 Å². The molecule has 4 atom stereocenters. The van der Waals surface area contributed by atoms with Crippen LogP contribution in [0.4, 0.5) is 16.2 Å². The second kappa shape index (κ2) is 14.6. The largest absolute Gasteiger partial charge is 0.459 e. The molecule has 1 aliphatic heterocycles. The SMILES string of the molecule is O=C(Nc1ccccc1)O[C@@H]1O[C@@H](COC(=O)c2ccccc2)[C@@H](OC(=O)c2ccccc2)[C@@H]1OS(=O)(=O)c1ccc([N+](=O)[O-])cc1. The van der Waals surface area contributed by atoms with Crippen molar-refractivity contribution >= 4 is 39.5 Å². The first-order valence-electron chi connectivity index (χ1n) is 13.9. The highest BCUT2D eigenvalue weighted by atomic mass is 32.2. The molecule has 14 nitrogen and oxygen atoms in total. The molecule has 5 rings (SSSR count). The van der Waals surface area contributed by atoms with E-state index in [0.29, 0.717) is 5.69 Å². The minimum Gasteiger partial charge on any atom is -0.459 e. The van der Waals surface area contributed by atoms with Crippen molar-refractivity contribution in [3.63, 3.8) is 0 Å². The van der Waals surface area contributed by atoms with Crippen molar-refractivity contribution in [1.29, 1.82) is 0 Å². The molecule has 1 saturated heterocycles. The van der Waals surface area contributed by atoms with E-state index in [4.69, 9.17) is 23.1 Å². The number of nitrogens with one attached hydrogen (secondary N) is 1. The second-order valence-corrected chi connectivity index (χ2v) is 11.5. The summed E-state index contributed by atoms with van der Waals surface area (Å²) in [6, 6.07) is 27.7. The number of hydrogen-bond acceptors (Lipinski definition) is 12. The zero-order valence-electron chi connectivity index (χ0n) is 24.2. The number of nitro groups is 1. The Labute approximate surface area is 268 Å². The summed E-state index contributed by atoms with van der Waals surface area (Å²) in [5.41, 5.74) is 0.261. The van der Waals surface area contributed by atoms with E-state index in [1.807, 2.05) is 0 Å². The number of esters is 2. The van der Waals surface area contributed by atoms with Crippen LogP contribution >= 0.6 is 0 Å². The van der Waals surface area contributed by atoms with Crippen LogP contribution in [0, 0.1) is 10.1 Å². The van der Waals surface area contributed by atoms with Crippen molar-refractivity contribution in [2.24, 2.45) is 0 Å². The number of para-hydroxylation sites is 1. The van der Waals surface area contributed by atoms with Gasteiger partial charge in [-0.1, -0.05) is 54.6 Å². The van der Waals surface area contributed by atoms with Crippen LogP contribution < -0.4 is 5.32 Å². The number of non-ortho nitro benzene ring substituents is 1. The number of carbonyl (C=O) groups is 3. The van der Waals surface area contributed by atoms with E-state index in [2.05, 4.69) is 5.32 Å². The summed E-state index contributed by atoms with van der Waals surface area (Å²) in [5.74, 6) is -1.67. The highest BCUT2D eigenvalue weighted by Gasteiger charge is 2.53. The predicted octanol–water partition coefficient (Wildman–Crippen LogP) is 4.72. The highest BCUT2D eigenvalue weighted by Crippen LogP contribution is 2.32. The third-order valence-electron chi connectivity index (χ3n) is 6.73. The van der Waals surface area contributed by atoms with E-state index in [9.17, 15) is 32.9 Å². The standard InChI is InChI=1S/C32H26N2O12S/c35-29(21-10-4-1-5-11-21)42-20-26-27(44-30(36)22-12-6-2-7-13-22)28(31(43-26)45-32(37)33-23-14-8-3-9-15-23)46-47(40,41)25-18-16-24(17-19-25)34(38)39/h1-19,26-28,31H,20H2,(H,33,37)/t26-,27+,28-,31-/m0/s1. The Balaban J connectivity index is 1.46. The Kier molecular flexibility index (Phi) is 10.2. The molecule has 0 aromatic heterocycles. The summed E-state index contributed by atoms with van der Waals surface area (Å²) < 4.78 is 54.6. The summed E-state index contributed by atoms with van der Waals surface area (Å²) >= 11 is 0. The molecule has 0 spiro atoms. The van der Waals surface area contributed by atoms with Gasteiger partial charge in [0, 0.05) is 17.8 Å². The topological polar surface area (TPSA) is 187 Å². The Bertz CT molecular complexity index is 1820. The van der Waals surface area contributed by atoms with Gasteiger partial charge in [0.1, 0.15) is 12.7 Å². The zero-order valence-corrected chi connectivity index (χ0v) is 25.1. The number of amides is 1. The molecule has 0 saturated carbocycles. The van der Waals surface area contributed by atoms with Gasteiger partial charge in [-0.25, -0.2) is 14.4 Å². The predicted molar refractivity (Wildman–Crippen MR) is 163 cm³/mol. The van der Waals surface area contributed by atoms with Gasteiger partial charge in [-0.3, -0.25) is 19.6 Å². The molecule has 4 aromatic rings. The molecular formula is C32H26N2O12S. The number of rotatable bonds is 11. The summed E-state index contributed by atoms with van der Waals surface area (Å²) in [6.45, 7) is -0.571. The third-order valence-corrected chi connectivity index (χ3v) is 8.05. The van der Waals surface area contributed by atoms with Crippen LogP contribution in [0.15, 0.2) is 120 Å². The fourth-order valence-corrected chi connectivity index (χ4v) is 5.53.